The van der Waals surface area contributed by atoms with Crippen molar-refractivity contribution >= 4 is 27.5 Å². The molecule has 3 aromatic carbocycles. The third-order valence-electron chi connectivity index (χ3n) is 6.43. The van der Waals surface area contributed by atoms with E-state index in [0.29, 0.717) is 18.7 Å². The van der Waals surface area contributed by atoms with Crippen LogP contribution in [0.1, 0.15) is 37.0 Å². The quantitative estimate of drug-likeness (QED) is 0.342. The summed E-state index contributed by atoms with van der Waals surface area (Å²) in [5.74, 6) is -1.52. The number of hydrogen-bond acceptors (Lipinski definition) is 4. The standard InChI is InChI=1S/C30H36FN3O4S/c1-4-19-32-30(36)28(20-24-11-7-6-8-12-24)33(21-25-13-9-10-14-27(25)31)29(35)22-34(39(3,37)38)26-17-15-23(5-2)16-18-26/h6-18,28H,4-5,19-22H2,1-3H3,(H,32,36)/t28-/m1/s1. The summed E-state index contributed by atoms with van der Waals surface area (Å²) in [6.45, 7) is 3.58. The van der Waals surface area contributed by atoms with E-state index < -0.39 is 34.3 Å². The first kappa shape index (κ1) is 29.8. The first-order valence-corrected chi connectivity index (χ1v) is 14.9. The molecule has 0 aliphatic rings. The molecule has 0 aliphatic carbocycles. The molecule has 7 nitrogen and oxygen atoms in total. The Labute approximate surface area is 230 Å². The van der Waals surface area contributed by atoms with Gasteiger partial charge in [-0.05, 0) is 42.2 Å². The molecule has 39 heavy (non-hydrogen) atoms. The predicted molar refractivity (Wildman–Crippen MR) is 152 cm³/mol. The van der Waals surface area contributed by atoms with Gasteiger partial charge in [-0.3, -0.25) is 13.9 Å². The summed E-state index contributed by atoms with van der Waals surface area (Å²) in [4.78, 5) is 28.6. The molecular formula is C30H36FN3O4S. The third kappa shape index (κ3) is 8.38. The van der Waals surface area contributed by atoms with Crippen LogP contribution in [0.4, 0.5) is 10.1 Å². The highest BCUT2D eigenvalue weighted by molar-refractivity contribution is 7.92. The van der Waals surface area contributed by atoms with Crippen molar-refractivity contribution in [3.8, 4) is 0 Å². The number of nitrogens with one attached hydrogen (secondary N) is 1. The van der Waals surface area contributed by atoms with Gasteiger partial charge >= 0.3 is 0 Å². The second kappa shape index (κ2) is 13.9. The van der Waals surface area contributed by atoms with Crippen molar-refractivity contribution in [2.75, 3.05) is 23.7 Å². The summed E-state index contributed by atoms with van der Waals surface area (Å²) in [6, 6.07) is 21.2. The number of carbonyl (C=O) groups is 2. The van der Waals surface area contributed by atoms with Gasteiger partial charge in [-0.1, -0.05) is 74.5 Å². The van der Waals surface area contributed by atoms with Crippen molar-refractivity contribution in [1.29, 1.82) is 0 Å². The zero-order chi connectivity index (χ0) is 28.4. The molecule has 3 aromatic rings. The second-order valence-corrected chi connectivity index (χ2v) is 11.3. The monoisotopic (exact) mass is 553 g/mol. The van der Waals surface area contributed by atoms with E-state index in [9.17, 15) is 22.4 Å². The summed E-state index contributed by atoms with van der Waals surface area (Å²) in [6.07, 6.45) is 2.69. The van der Waals surface area contributed by atoms with Crippen LogP contribution in [0, 0.1) is 5.82 Å². The Morgan fingerprint density at radius 3 is 2.13 bits per heavy atom. The third-order valence-corrected chi connectivity index (χ3v) is 7.57. The molecular weight excluding hydrogens is 517 g/mol. The number of sulfonamides is 1. The largest absolute Gasteiger partial charge is 0.354 e. The number of amides is 2. The highest BCUT2D eigenvalue weighted by Gasteiger charge is 2.33. The van der Waals surface area contributed by atoms with Gasteiger partial charge in [0.15, 0.2) is 0 Å². The number of aryl methyl sites for hydroxylation is 1. The van der Waals surface area contributed by atoms with Gasteiger partial charge in [0, 0.05) is 25.1 Å². The van der Waals surface area contributed by atoms with Gasteiger partial charge in [0.05, 0.1) is 11.9 Å². The molecule has 0 aromatic heterocycles. The summed E-state index contributed by atoms with van der Waals surface area (Å²) >= 11 is 0. The van der Waals surface area contributed by atoms with Crippen LogP contribution in [0.2, 0.25) is 0 Å². The van der Waals surface area contributed by atoms with Gasteiger partial charge in [0.25, 0.3) is 0 Å². The molecule has 1 atom stereocenters. The number of hydrogen-bond donors (Lipinski definition) is 1. The van der Waals surface area contributed by atoms with Crippen LogP contribution >= 0.6 is 0 Å². The fourth-order valence-corrected chi connectivity index (χ4v) is 5.09. The van der Waals surface area contributed by atoms with E-state index in [1.807, 2.05) is 56.3 Å². The number of anilines is 1. The van der Waals surface area contributed by atoms with Crippen molar-refractivity contribution in [1.82, 2.24) is 10.2 Å². The van der Waals surface area contributed by atoms with Gasteiger partial charge in [-0.25, -0.2) is 12.8 Å². The van der Waals surface area contributed by atoms with Gasteiger partial charge in [0.2, 0.25) is 21.8 Å². The number of carbonyl (C=O) groups excluding carboxylic acids is 2. The second-order valence-electron chi connectivity index (χ2n) is 9.40. The molecule has 0 aliphatic heterocycles. The lowest BCUT2D eigenvalue weighted by molar-refractivity contribution is -0.140. The normalized spacial score (nSPS) is 12.0. The molecule has 208 valence electrons. The van der Waals surface area contributed by atoms with Crippen LogP contribution in [0.3, 0.4) is 0 Å². The maximum atomic E-state index is 14.8. The van der Waals surface area contributed by atoms with Crippen molar-refractivity contribution in [3.63, 3.8) is 0 Å². The lowest BCUT2D eigenvalue weighted by Crippen LogP contribution is -2.53. The number of halogens is 1. The van der Waals surface area contributed by atoms with Crippen molar-refractivity contribution in [2.45, 2.75) is 45.7 Å². The van der Waals surface area contributed by atoms with E-state index in [2.05, 4.69) is 5.32 Å². The topological polar surface area (TPSA) is 86.8 Å². The van der Waals surface area contributed by atoms with E-state index >= 15 is 0 Å². The van der Waals surface area contributed by atoms with Crippen molar-refractivity contribution in [3.05, 3.63) is 101 Å². The van der Waals surface area contributed by atoms with Crippen LogP contribution in [0.25, 0.3) is 0 Å². The predicted octanol–water partition coefficient (Wildman–Crippen LogP) is 4.32. The summed E-state index contributed by atoms with van der Waals surface area (Å²) in [5, 5.41) is 2.86. The minimum Gasteiger partial charge on any atom is -0.354 e. The Bertz CT molecular complexity index is 1350. The Morgan fingerprint density at radius 1 is 0.897 bits per heavy atom. The van der Waals surface area contributed by atoms with E-state index in [1.54, 1.807) is 30.3 Å². The van der Waals surface area contributed by atoms with E-state index in [1.165, 1.54) is 11.0 Å². The molecule has 0 radical (unpaired) electrons. The van der Waals surface area contributed by atoms with E-state index in [4.69, 9.17) is 0 Å². The minimum absolute atomic E-state index is 0.181. The van der Waals surface area contributed by atoms with Crippen LogP contribution in [-0.4, -0.2) is 50.5 Å². The SMILES string of the molecule is CCCNC(=O)[C@@H](Cc1ccccc1)N(Cc1ccccc1F)C(=O)CN(c1ccc(CC)cc1)S(C)(=O)=O. The van der Waals surface area contributed by atoms with Crippen LogP contribution in [-0.2, 0) is 39.0 Å². The van der Waals surface area contributed by atoms with Gasteiger partial charge in [-0.15, -0.1) is 0 Å². The molecule has 0 unspecified atom stereocenters. The average Bonchev–Trinajstić information content (AvgIpc) is 2.93. The summed E-state index contributed by atoms with van der Waals surface area (Å²) in [5.41, 5.74) is 2.40. The Hall–Kier alpha value is -3.72. The molecule has 0 heterocycles. The lowest BCUT2D eigenvalue weighted by Gasteiger charge is -2.33. The highest BCUT2D eigenvalue weighted by atomic mass is 32.2. The Kier molecular flexibility index (Phi) is 10.6. The molecule has 0 spiro atoms. The molecule has 9 heteroatoms. The van der Waals surface area contributed by atoms with Gasteiger partial charge in [0.1, 0.15) is 18.4 Å². The number of nitrogens with zero attached hydrogens (tertiary/aromatic N) is 2. The average molecular weight is 554 g/mol. The maximum absolute atomic E-state index is 14.8. The van der Waals surface area contributed by atoms with Crippen molar-refractivity contribution in [2.24, 2.45) is 0 Å². The van der Waals surface area contributed by atoms with Crippen LogP contribution in [0.5, 0.6) is 0 Å². The summed E-state index contributed by atoms with van der Waals surface area (Å²) < 4.78 is 41.4. The Balaban J connectivity index is 2.04. The molecule has 0 fully saturated rings. The van der Waals surface area contributed by atoms with Gasteiger partial charge < -0.3 is 10.2 Å². The first-order valence-electron chi connectivity index (χ1n) is 13.0. The van der Waals surface area contributed by atoms with E-state index in [-0.39, 0.29) is 24.4 Å². The lowest BCUT2D eigenvalue weighted by atomic mass is 10.0. The van der Waals surface area contributed by atoms with Crippen LogP contribution < -0.4 is 9.62 Å². The molecule has 0 saturated carbocycles. The molecule has 0 saturated heterocycles. The smallest absolute Gasteiger partial charge is 0.244 e. The van der Waals surface area contributed by atoms with Crippen molar-refractivity contribution < 1.29 is 22.4 Å². The van der Waals surface area contributed by atoms with Crippen LogP contribution in [0.15, 0.2) is 78.9 Å². The number of rotatable bonds is 13. The van der Waals surface area contributed by atoms with Gasteiger partial charge in [-0.2, -0.15) is 0 Å². The maximum Gasteiger partial charge on any atom is 0.244 e. The Morgan fingerprint density at radius 2 is 1.54 bits per heavy atom. The fourth-order valence-electron chi connectivity index (χ4n) is 4.24. The molecule has 0 bridgehead atoms. The molecule has 2 amide bonds. The number of benzene rings is 3. The summed E-state index contributed by atoms with van der Waals surface area (Å²) in [7, 11) is -3.85. The molecule has 1 N–H and O–H groups in total. The zero-order valence-electron chi connectivity index (χ0n) is 22.6. The highest BCUT2D eigenvalue weighted by Crippen LogP contribution is 2.22. The van der Waals surface area contributed by atoms with E-state index in [0.717, 1.165) is 28.1 Å². The zero-order valence-corrected chi connectivity index (χ0v) is 23.5. The molecule has 3 rings (SSSR count). The first-order chi connectivity index (χ1) is 18.6. The minimum atomic E-state index is -3.85. The fraction of sp³-hybridized carbons (Fsp3) is 0.333.